The maximum atomic E-state index is 9.38. The molecule has 102 valence electrons. The van der Waals surface area contributed by atoms with E-state index in [0.29, 0.717) is 5.82 Å². The van der Waals surface area contributed by atoms with Gasteiger partial charge in [0.2, 0.25) is 0 Å². The second kappa shape index (κ2) is 5.97. The third kappa shape index (κ3) is 2.68. The van der Waals surface area contributed by atoms with E-state index in [1.165, 1.54) is 5.56 Å². The van der Waals surface area contributed by atoms with Gasteiger partial charge in [-0.05, 0) is 25.8 Å². The fourth-order valence-corrected chi connectivity index (χ4v) is 2.50. The summed E-state index contributed by atoms with van der Waals surface area (Å²) in [6.07, 6.45) is 0.959. The quantitative estimate of drug-likeness (QED) is 0.898. The number of benzene rings is 1. The highest BCUT2D eigenvalue weighted by atomic mass is 16.3. The maximum absolute atomic E-state index is 9.38. The van der Waals surface area contributed by atoms with Gasteiger partial charge in [-0.2, -0.15) is 0 Å². The number of hydrogen-bond acceptors (Lipinski definition) is 3. The molecule has 4 nitrogen and oxygen atoms in total. The Balaban J connectivity index is 2.47. The molecule has 1 aromatic carbocycles. The molecular weight excluding hydrogens is 238 g/mol. The lowest BCUT2D eigenvalue weighted by Gasteiger charge is -2.19. The SMILES string of the molecule is CCC(c1ccccc1)c1nnc(CO)n1C(C)C. The lowest BCUT2D eigenvalue weighted by Crippen LogP contribution is -2.14. The molecule has 2 rings (SSSR count). The van der Waals surface area contributed by atoms with Gasteiger partial charge in [0.15, 0.2) is 5.82 Å². The maximum Gasteiger partial charge on any atom is 0.159 e. The standard InChI is InChI=1S/C15H21N3O/c1-4-13(12-8-6-5-7-9-12)15-17-16-14(10-19)18(15)11(2)3/h5-9,11,13,19H,4,10H2,1-3H3. The molecule has 1 unspecified atom stereocenters. The summed E-state index contributed by atoms with van der Waals surface area (Å²) in [5.41, 5.74) is 1.24. The highest BCUT2D eigenvalue weighted by molar-refractivity contribution is 5.26. The van der Waals surface area contributed by atoms with Crippen molar-refractivity contribution in [1.29, 1.82) is 0 Å². The number of nitrogens with zero attached hydrogens (tertiary/aromatic N) is 3. The predicted molar refractivity (Wildman–Crippen MR) is 74.9 cm³/mol. The van der Waals surface area contributed by atoms with E-state index in [1.807, 2.05) is 22.8 Å². The number of aromatic nitrogens is 3. The normalized spacial score (nSPS) is 12.9. The van der Waals surface area contributed by atoms with Crippen LogP contribution in [0.2, 0.25) is 0 Å². The van der Waals surface area contributed by atoms with Gasteiger partial charge in [0, 0.05) is 12.0 Å². The van der Waals surface area contributed by atoms with Gasteiger partial charge in [-0.25, -0.2) is 0 Å². The first kappa shape index (κ1) is 13.7. The van der Waals surface area contributed by atoms with Crippen molar-refractivity contribution in [3.05, 3.63) is 47.5 Å². The van der Waals surface area contributed by atoms with Crippen LogP contribution in [-0.4, -0.2) is 19.9 Å². The zero-order chi connectivity index (χ0) is 13.8. The fraction of sp³-hybridized carbons (Fsp3) is 0.467. The molecule has 19 heavy (non-hydrogen) atoms. The Morgan fingerprint density at radius 2 is 1.84 bits per heavy atom. The molecular formula is C15H21N3O. The van der Waals surface area contributed by atoms with E-state index in [1.54, 1.807) is 0 Å². The second-order valence-electron chi connectivity index (χ2n) is 4.97. The van der Waals surface area contributed by atoms with E-state index in [0.717, 1.165) is 12.2 Å². The smallest absolute Gasteiger partial charge is 0.159 e. The highest BCUT2D eigenvalue weighted by Crippen LogP contribution is 2.28. The molecule has 0 saturated carbocycles. The molecule has 0 saturated heterocycles. The van der Waals surface area contributed by atoms with Crippen molar-refractivity contribution in [1.82, 2.24) is 14.8 Å². The first-order valence-corrected chi connectivity index (χ1v) is 6.78. The first-order valence-electron chi connectivity index (χ1n) is 6.78. The molecule has 4 heteroatoms. The van der Waals surface area contributed by atoms with Gasteiger partial charge in [0.25, 0.3) is 0 Å². The fourth-order valence-electron chi connectivity index (χ4n) is 2.50. The van der Waals surface area contributed by atoms with Crippen LogP contribution in [0.4, 0.5) is 0 Å². The summed E-state index contributed by atoms with van der Waals surface area (Å²) < 4.78 is 2.04. The van der Waals surface area contributed by atoms with Crippen LogP contribution in [0.5, 0.6) is 0 Å². The summed E-state index contributed by atoms with van der Waals surface area (Å²) in [7, 11) is 0. The zero-order valence-corrected chi connectivity index (χ0v) is 11.7. The third-order valence-corrected chi connectivity index (χ3v) is 3.37. The van der Waals surface area contributed by atoms with Gasteiger partial charge in [-0.1, -0.05) is 37.3 Å². The summed E-state index contributed by atoms with van der Waals surface area (Å²) in [6, 6.07) is 10.6. The summed E-state index contributed by atoms with van der Waals surface area (Å²) >= 11 is 0. The van der Waals surface area contributed by atoms with Crippen LogP contribution in [0, 0.1) is 0 Å². The average Bonchev–Trinajstić information content (AvgIpc) is 2.85. The van der Waals surface area contributed by atoms with Gasteiger partial charge in [-0.15, -0.1) is 10.2 Å². The predicted octanol–water partition coefficient (Wildman–Crippen LogP) is 2.89. The molecule has 0 aliphatic rings. The van der Waals surface area contributed by atoms with Crippen LogP contribution in [0.15, 0.2) is 30.3 Å². The lowest BCUT2D eigenvalue weighted by molar-refractivity contribution is 0.261. The zero-order valence-electron chi connectivity index (χ0n) is 11.7. The van der Waals surface area contributed by atoms with Crippen LogP contribution in [0.3, 0.4) is 0 Å². The van der Waals surface area contributed by atoms with Crippen molar-refractivity contribution < 1.29 is 5.11 Å². The van der Waals surface area contributed by atoms with Gasteiger partial charge in [0.05, 0.1) is 0 Å². The summed E-state index contributed by atoms with van der Waals surface area (Å²) in [6.45, 7) is 6.25. The van der Waals surface area contributed by atoms with Crippen molar-refractivity contribution in [2.45, 2.75) is 45.8 Å². The topological polar surface area (TPSA) is 50.9 Å². The number of aliphatic hydroxyl groups is 1. The molecule has 0 aliphatic heterocycles. The molecule has 0 aliphatic carbocycles. The van der Waals surface area contributed by atoms with Gasteiger partial charge >= 0.3 is 0 Å². The minimum atomic E-state index is -0.0730. The summed E-state index contributed by atoms with van der Waals surface area (Å²) in [5, 5.41) is 17.8. The van der Waals surface area contributed by atoms with Crippen LogP contribution < -0.4 is 0 Å². The minimum Gasteiger partial charge on any atom is -0.388 e. The Kier molecular flexibility index (Phi) is 4.32. The van der Waals surface area contributed by atoms with E-state index in [-0.39, 0.29) is 18.6 Å². The van der Waals surface area contributed by atoms with Crippen LogP contribution in [0.1, 0.15) is 56.4 Å². The van der Waals surface area contributed by atoms with E-state index in [4.69, 9.17) is 0 Å². The molecule has 1 atom stereocenters. The molecule has 0 radical (unpaired) electrons. The summed E-state index contributed by atoms with van der Waals surface area (Å²) in [4.78, 5) is 0. The van der Waals surface area contributed by atoms with Crippen LogP contribution >= 0.6 is 0 Å². The Morgan fingerprint density at radius 3 is 2.37 bits per heavy atom. The van der Waals surface area contributed by atoms with Crippen molar-refractivity contribution >= 4 is 0 Å². The molecule has 1 aromatic heterocycles. The Morgan fingerprint density at radius 1 is 1.16 bits per heavy atom. The molecule has 0 fully saturated rings. The van der Waals surface area contributed by atoms with E-state index < -0.39 is 0 Å². The average molecular weight is 259 g/mol. The second-order valence-corrected chi connectivity index (χ2v) is 4.97. The Bertz CT molecular complexity index is 519. The largest absolute Gasteiger partial charge is 0.388 e. The van der Waals surface area contributed by atoms with Crippen molar-refractivity contribution in [2.75, 3.05) is 0 Å². The van der Waals surface area contributed by atoms with Crippen LogP contribution in [0.25, 0.3) is 0 Å². The molecule has 1 N–H and O–H groups in total. The lowest BCUT2D eigenvalue weighted by atomic mass is 9.95. The van der Waals surface area contributed by atoms with Crippen molar-refractivity contribution in [3.8, 4) is 0 Å². The monoisotopic (exact) mass is 259 g/mol. The molecule has 0 spiro atoms. The van der Waals surface area contributed by atoms with Gasteiger partial charge in [-0.3, -0.25) is 0 Å². The van der Waals surface area contributed by atoms with E-state index >= 15 is 0 Å². The Hall–Kier alpha value is -1.68. The van der Waals surface area contributed by atoms with Crippen molar-refractivity contribution in [3.63, 3.8) is 0 Å². The molecule has 0 amide bonds. The molecule has 0 bridgehead atoms. The van der Waals surface area contributed by atoms with E-state index in [2.05, 4.69) is 43.1 Å². The summed E-state index contributed by atoms with van der Waals surface area (Å²) in [5.74, 6) is 1.79. The van der Waals surface area contributed by atoms with Crippen molar-refractivity contribution in [2.24, 2.45) is 0 Å². The molecule has 1 heterocycles. The highest BCUT2D eigenvalue weighted by Gasteiger charge is 2.22. The number of aliphatic hydroxyl groups excluding tert-OH is 1. The number of rotatable bonds is 5. The minimum absolute atomic E-state index is 0.0730. The van der Waals surface area contributed by atoms with Crippen LogP contribution in [-0.2, 0) is 6.61 Å². The first-order chi connectivity index (χ1) is 9.19. The van der Waals surface area contributed by atoms with Gasteiger partial charge in [0.1, 0.15) is 12.4 Å². The van der Waals surface area contributed by atoms with E-state index in [9.17, 15) is 5.11 Å². The molecule has 2 aromatic rings. The third-order valence-electron chi connectivity index (χ3n) is 3.37. The number of hydrogen-bond donors (Lipinski definition) is 1. The van der Waals surface area contributed by atoms with Gasteiger partial charge < -0.3 is 9.67 Å². The Labute approximate surface area is 114 Å².